The minimum atomic E-state index is -0.908. The lowest BCUT2D eigenvalue weighted by atomic mass is 9.86. The number of hydrogen-bond donors (Lipinski definition) is 1. The molecule has 1 aliphatic rings. The number of hydrogen-bond acceptors (Lipinski definition) is 3. The number of rotatable bonds is 9. The van der Waals surface area contributed by atoms with E-state index in [9.17, 15) is 22.8 Å². The Morgan fingerprint density at radius 3 is 2.47 bits per heavy atom. The number of aromatic nitrogens is 2. The number of pyridine rings is 1. The number of fused-ring (bicyclic) bond motifs is 3. The lowest BCUT2D eigenvalue weighted by molar-refractivity contribution is -0.120. The number of amides is 1. The molecule has 2 aromatic heterocycles. The molecule has 218 valence electrons. The lowest BCUT2D eigenvalue weighted by Gasteiger charge is -2.21. The van der Waals surface area contributed by atoms with Crippen molar-refractivity contribution in [2.75, 3.05) is 0 Å². The molecule has 8 heteroatoms. The highest BCUT2D eigenvalue weighted by Crippen LogP contribution is 2.35. The smallest absolute Gasteiger partial charge is 0.251 e. The van der Waals surface area contributed by atoms with E-state index in [2.05, 4.69) is 15.6 Å². The molecule has 0 bridgehead atoms. The molecule has 0 unspecified atom stereocenters. The number of halogens is 3. The maximum absolute atomic E-state index is 14.3. The number of benzene rings is 3. The molecule has 0 radical (unpaired) electrons. The molecule has 1 atom stereocenters. The van der Waals surface area contributed by atoms with Crippen LogP contribution in [-0.4, -0.2) is 21.2 Å². The van der Waals surface area contributed by atoms with E-state index in [4.69, 9.17) is 5.73 Å². The van der Waals surface area contributed by atoms with E-state index < -0.39 is 29.3 Å². The van der Waals surface area contributed by atoms with Gasteiger partial charge in [-0.15, -0.1) is 0 Å². The Kier molecular flexibility index (Phi) is 7.84. The van der Waals surface area contributed by atoms with Gasteiger partial charge in [-0.2, -0.15) is 0 Å². The van der Waals surface area contributed by atoms with Gasteiger partial charge in [0.15, 0.2) is 5.78 Å². The average molecular weight is 582 g/mol. The average Bonchev–Trinajstić information content (AvgIpc) is 3.30. The molecule has 2 heterocycles. The van der Waals surface area contributed by atoms with Crippen molar-refractivity contribution in [1.82, 2.24) is 9.55 Å². The van der Waals surface area contributed by atoms with Crippen LogP contribution in [0.25, 0.3) is 22.0 Å². The first-order valence-corrected chi connectivity index (χ1v) is 14.4. The molecule has 0 aliphatic heterocycles. The van der Waals surface area contributed by atoms with E-state index in [1.165, 1.54) is 40.9 Å². The normalized spacial score (nSPS) is 13.6. The van der Waals surface area contributed by atoms with Crippen LogP contribution in [0.3, 0.4) is 0 Å². The molecule has 0 spiro atoms. The molecule has 0 saturated heterocycles. The minimum Gasteiger partial charge on any atom is -0.366 e. The number of aryl methyl sites for hydroxylation is 1. The van der Waals surface area contributed by atoms with E-state index in [0.717, 1.165) is 43.3 Å². The van der Waals surface area contributed by atoms with Crippen molar-refractivity contribution < 1.29 is 22.8 Å². The summed E-state index contributed by atoms with van der Waals surface area (Å²) in [6.07, 6.45) is 5.83. The van der Waals surface area contributed by atoms with Crippen LogP contribution in [0, 0.1) is 17.5 Å². The van der Waals surface area contributed by atoms with Gasteiger partial charge < -0.3 is 10.3 Å². The van der Waals surface area contributed by atoms with Gasteiger partial charge in [-0.05, 0) is 85.2 Å². The van der Waals surface area contributed by atoms with Crippen molar-refractivity contribution in [1.29, 1.82) is 0 Å². The number of ketones is 1. The van der Waals surface area contributed by atoms with Gasteiger partial charge in [0.1, 0.15) is 17.5 Å². The van der Waals surface area contributed by atoms with Gasteiger partial charge in [0.25, 0.3) is 5.91 Å². The van der Waals surface area contributed by atoms with E-state index >= 15 is 0 Å². The van der Waals surface area contributed by atoms with Crippen molar-refractivity contribution in [2.45, 2.75) is 51.0 Å². The molecule has 5 nitrogen and oxygen atoms in total. The second kappa shape index (κ2) is 11.9. The van der Waals surface area contributed by atoms with Crippen LogP contribution in [0.5, 0.6) is 0 Å². The van der Waals surface area contributed by atoms with E-state index in [0.29, 0.717) is 22.4 Å². The minimum absolute atomic E-state index is 0.0489. The lowest BCUT2D eigenvalue weighted by Crippen LogP contribution is -2.19. The Morgan fingerprint density at radius 2 is 1.67 bits per heavy atom. The Balaban J connectivity index is 1.39. The fraction of sp³-hybridized carbons (Fsp3) is 0.229. The quantitative estimate of drug-likeness (QED) is 0.202. The van der Waals surface area contributed by atoms with Gasteiger partial charge in [-0.1, -0.05) is 30.3 Å². The third kappa shape index (κ3) is 5.82. The third-order valence-electron chi connectivity index (χ3n) is 8.27. The summed E-state index contributed by atoms with van der Waals surface area (Å²) >= 11 is 0. The molecule has 0 saturated carbocycles. The highest BCUT2D eigenvalue weighted by atomic mass is 19.1. The molecular weight excluding hydrogens is 551 g/mol. The molecule has 43 heavy (non-hydrogen) atoms. The molecule has 0 fully saturated rings. The zero-order valence-electron chi connectivity index (χ0n) is 23.5. The third-order valence-corrected chi connectivity index (χ3v) is 8.27. The van der Waals surface area contributed by atoms with Crippen molar-refractivity contribution in [2.24, 2.45) is 5.73 Å². The van der Waals surface area contributed by atoms with Crippen LogP contribution < -0.4 is 5.73 Å². The number of carbonyl (C=O) groups is 2. The van der Waals surface area contributed by atoms with Crippen LogP contribution in [0.4, 0.5) is 13.2 Å². The predicted octanol–water partition coefficient (Wildman–Crippen LogP) is 7.08. The number of Topliss-reactive ketones (excluding diaryl/α,β-unsaturated/α-hetero) is 1. The molecular formula is C35H30F3N3O2. The predicted molar refractivity (Wildman–Crippen MR) is 159 cm³/mol. The summed E-state index contributed by atoms with van der Waals surface area (Å²) in [5.74, 6) is -3.69. The molecule has 5 aromatic rings. The van der Waals surface area contributed by atoms with Gasteiger partial charge in [-0.25, -0.2) is 13.2 Å². The second-order valence-corrected chi connectivity index (χ2v) is 11.2. The molecule has 2 N–H and O–H groups in total. The highest BCUT2D eigenvalue weighted by molar-refractivity contribution is 5.94. The Morgan fingerprint density at radius 1 is 0.907 bits per heavy atom. The molecule has 6 rings (SSSR count). The topological polar surface area (TPSA) is 78.0 Å². The van der Waals surface area contributed by atoms with Gasteiger partial charge in [0.2, 0.25) is 0 Å². The van der Waals surface area contributed by atoms with Gasteiger partial charge in [-0.3, -0.25) is 14.6 Å². The highest BCUT2D eigenvalue weighted by Gasteiger charge is 2.26. The number of para-hydroxylation sites is 1. The standard InChI is InChI=1S/C35H30F3N3O2/c36-24-15-21(16-25(37)19-24)14-23(34-27(8-5-13-40-34)22-11-12-31(38)30(18-22)35(39)43)17-26(42)20-41-32-9-3-1-6-28(32)29-7-2-4-10-33(29)41/h1,3,5-6,8-9,11-13,15-16,18-19,23H,2,4,7,10,14,17,20H2,(H2,39,43)/t23-/m1/s1. The summed E-state index contributed by atoms with van der Waals surface area (Å²) in [5, 5.41) is 1.17. The first-order chi connectivity index (χ1) is 20.8. The maximum Gasteiger partial charge on any atom is 0.251 e. The summed E-state index contributed by atoms with van der Waals surface area (Å²) < 4.78 is 44.8. The fourth-order valence-corrected chi connectivity index (χ4v) is 6.43. The summed E-state index contributed by atoms with van der Waals surface area (Å²) in [5.41, 5.74) is 10.6. The van der Waals surface area contributed by atoms with Crippen molar-refractivity contribution in [3.63, 3.8) is 0 Å². The van der Waals surface area contributed by atoms with Crippen molar-refractivity contribution in [3.8, 4) is 11.1 Å². The van der Waals surface area contributed by atoms with Crippen LogP contribution in [0.15, 0.2) is 79.0 Å². The SMILES string of the molecule is NC(=O)c1cc(-c2cccnc2[C@@H](CC(=O)Cn2c3c(c4ccccc42)CCCC3)Cc2cc(F)cc(F)c2)ccc1F. The van der Waals surface area contributed by atoms with E-state index in [1.54, 1.807) is 18.3 Å². The Hall–Kier alpha value is -4.72. The van der Waals surface area contributed by atoms with Gasteiger partial charge in [0.05, 0.1) is 17.8 Å². The van der Waals surface area contributed by atoms with Crippen LogP contribution >= 0.6 is 0 Å². The van der Waals surface area contributed by atoms with Crippen molar-refractivity contribution in [3.05, 3.63) is 125 Å². The zero-order valence-corrected chi connectivity index (χ0v) is 23.5. The molecule has 3 aromatic carbocycles. The summed E-state index contributed by atoms with van der Waals surface area (Å²) in [6, 6.07) is 18.9. The molecule has 1 aliphatic carbocycles. The van der Waals surface area contributed by atoms with Gasteiger partial charge >= 0.3 is 0 Å². The Bertz CT molecular complexity index is 1840. The first kappa shape index (κ1) is 28.4. The second-order valence-electron chi connectivity index (χ2n) is 11.2. The number of nitrogens with zero attached hydrogens (tertiary/aromatic N) is 2. The summed E-state index contributed by atoms with van der Waals surface area (Å²) in [6.45, 7) is 0.161. The van der Waals surface area contributed by atoms with E-state index in [-0.39, 0.29) is 30.7 Å². The van der Waals surface area contributed by atoms with Crippen LogP contribution in [-0.2, 0) is 30.6 Å². The fourth-order valence-electron chi connectivity index (χ4n) is 6.43. The van der Waals surface area contributed by atoms with Gasteiger partial charge in [0, 0.05) is 46.8 Å². The largest absolute Gasteiger partial charge is 0.366 e. The zero-order chi connectivity index (χ0) is 30.1. The van der Waals surface area contributed by atoms with Crippen LogP contribution in [0.2, 0.25) is 0 Å². The summed E-state index contributed by atoms with van der Waals surface area (Å²) in [7, 11) is 0. The number of primary amides is 1. The first-order valence-electron chi connectivity index (χ1n) is 14.4. The molecule has 1 amide bonds. The van der Waals surface area contributed by atoms with E-state index in [1.807, 2.05) is 18.2 Å². The maximum atomic E-state index is 14.3. The van der Waals surface area contributed by atoms with Crippen molar-refractivity contribution >= 4 is 22.6 Å². The summed E-state index contributed by atoms with van der Waals surface area (Å²) in [4.78, 5) is 30.4. The number of nitrogens with two attached hydrogens (primary N) is 1. The Labute approximate surface area is 247 Å². The van der Waals surface area contributed by atoms with Crippen LogP contribution in [0.1, 0.15) is 58.1 Å². The number of carbonyl (C=O) groups excluding carboxylic acids is 2. The monoisotopic (exact) mass is 581 g/mol.